The summed E-state index contributed by atoms with van der Waals surface area (Å²) in [5.41, 5.74) is 1.60. The molecule has 2 amide bonds. The largest absolute Gasteiger partial charge is 0.454 e. The first-order valence-corrected chi connectivity index (χ1v) is 13.4. The number of benzene rings is 1. The molecular weight excluding hydrogens is 462 g/mol. The van der Waals surface area contributed by atoms with Crippen LogP contribution in [0.1, 0.15) is 66.9 Å². The molecule has 1 saturated carbocycles. The number of thiophene rings is 1. The molecule has 2 aromatic heterocycles. The van der Waals surface area contributed by atoms with Gasteiger partial charge in [0.1, 0.15) is 11.2 Å². The average molecular weight is 494 g/mol. The van der Waals surface area contributed by atoms with Gasteiger partial charge in [0.15, 0.2) is 11.5 Å². The maximum atomic E-state index is 14.0. The Bertz CT molecular complexity index is 1310. The minimum atomic E-state index is -1.02. The Kier molecular flexibility index (Phi) is 5.51. The monoisotopic (exact) mass is 493 g/mol. The number of fused-ring (bicyclic) bond motifs is 4. The number of aromatic nitrogens is 1. The smallest absolute Gasteiger partial charge is 0.271 e. The number of nitrogens with one attached hydrogen (secondary N) is 1. The second kappa shape index (κ2) is 8.59. The second-order valence-corrected chi connectivity index (χ2v) is 11.3. The molecule has 1 fully saturated rings. The van der Waals surface area contributed by atoms with Crippen molar-refractivity contribution in [2.45, 2.75) is 77.0 Å². The molecule has 2 aliphatic heterocycles. The van der Waals surface area contributed by atoms with Crippen molar-refractivity contribution in [1.29, 1.82) is 0 Å². The lowest BCUT2D eigenvalue weighted by molar-refractivity contribution is -0.134. The van der Waals surface area contributed by atoms with Crippen molar-refractivity contribution in [3.63, 3.8) is 0 Å². The molecule has 0 unspecified atom stereocenters. The van der Waals surface area contributed by atoms with Gasteiger partial charge in [0, 0.05) is 17.5 Å². The van der Waals surface area contributed by atoms with Gasteiger partial charge in [0.25, 0.3) is 5.91 Å². The standard InChI is InChI=1S/C27H31N3O4S/c1-3-19-12-20-24(35-19)13-21-25(31)30(14-17-9-10-22-23(11-17)34-16-33-22)27(2,15-29(20)21)26(32)28-18-7-5-4-6-8-18/h9-13,18H,3-8,14-16H2,1-2H3,(H,28,32)/t27-/m0/s1. The van der Waals surface area contributed by atoms with Crippen LogP contribution in [0.2, 0.25) is 0 Å². The van der Waals surface area contributed by atoms with E-state index < -0.39 is 5.54 Å². The number of aryl methyl sites for hydroxylation is 1. The van der Waals surface area contributed by atoms with Gasteiger partial charge in [-0.15, -0.1) is 11.3 Å². The molecule has 6 rings (SSSR count). The molecule has 1 N–H and O–H groups in total. The van der Waals surface area contributed by atoms with Crippen LogP contribution in [0.4, 0.5) is 0 Å². The van der Waals surface area contributed by atoms with Crippen molar-refractivity contribution < 1.29 is 19.1 Å². The minimum Gasteiger partial charge on any atom is -0.454 e. The fourth-order valence-corrected chi connectivity index (χ4v) is 6.66. The number of carbonyl (C=O) groups is 2. The molecule has 0 radical (unpaired) electrons. The number of ether oxygens (including phenoxy) is 2. The second-order valence-electron chi connectivity index (χ2n) is 10.1. The average Bonchev–Trinajstić information content (AvgIpc) is 3.57. The number of hydrogen-bond acceptors (Lipinski definition) is 5. The number of carbonyl (C=O) groups excluding carboxylic acids is 2. The van der Waals surface area contributed by atoms with Gasteiger partial charge in [-0.1, -0.05) is 32.3 Å². The van der Waals surface area contributed by atoms with Gasteiger partial charge in [0.05, 0.1) is 16.8 Å². The summed E-state index contributed by atoms with van der Waals surface area (Å²) in [7, 11) is 0. The van der Waals surface area contributed by atoms with E-state index in [0.29, 0.717) is 30.3 Å². The quantitative estimate of drug-likeness (QED) is 0.551. The highest BCUT2D eigenvalue weighted by molar-refractivity contribution is 7.19. The van der Waals surface area contributed by atoms with Crippen LogP contribution in [-0.4, -0.2) is 39.7 Å². The zero-order valence-electron chi connectivity index (χ0n) is 20.3. The molecule has 4 heterocycles. The molecule has 35 heavy (non-hydrogen) atoms. The number of nitrogens with zero attached hydrogens (tertiary/aromatic N) is 2. The SMILES string of the molecule is CCc1cc2c(cc3n2C[C@@](C)(C(=O)NC2CCCCC2)N(Cc2ccc4c(c2)OCO4)C3=O)s1. The van der Waals surface area contributed by atoms with Crippen molar-refractivity contribution in [2.24, 2.45) is 0 Å². The van der Waals surface area contributed by atoms with Crippen LogP contribution in [0.5, 0.6) is 11.5 Å². The van der Waals surface area contributed by atoms with Crippen LogP contribution >= 0.6 is 11.3 Å². The predicted octanol–water partition coefficient (Wildman–Crippen LogP) is 4.86. The molecule has 1 aromatic carbocycles. The first kappa shape index (κ1) is 22.5. The minimum absolute atomic E-state index is 0.0723. The Morgan fingerprint density at radius 2 is 1.94 bits per heavy atom. The summed E-state index contributed by atoms with van der Waals surface area (Å²) in [5.74, 6) is 1.20. The van der Waals surface area contributed by atoms with Crippen molar-refractivity contribution in [1.82, 2.24) is 14.8 Å². The first-order chi connectivity index (χ1) is 17.0. The lowest BCUT2D eigenvalue weighted by Crippen LogP contribution is -2.64. The van der Waals surface area contributed by atoms with Crippen LogP contribution < -0.4 is 14.8 Å². The van der Waals surface area contributed by atoms with E-state index in [1.54, 1.807) is 16.2 Å². The molecule has 0 bridgehead atoms. The topological polar surface area (TPSA) is 72.8 Å². The van der Waals surface area contributed by atoms with E-state index in [2.05, 4.69) is 22.9 Å². The lowest BCUT2D eigenvalue weighted by Gasteiger charge is -2.45. The molecule has 3 aliphatic rings. The Balaban J connectivity index is 1.38. The summed E-state index contributed by atoms with van der Waals surface area (Å²) in [5, 5.41) is 3.31. The molecule has 0 saturated heterocycles. The number of rotatable bonds is 5. The van der Waals surface area contributed by atoms with Crippen LogP contribution in [-0.2, 0) is 24.3 Å². The normalized spacial score (nSPS) is 22.0. The molecular formula is C27H31N3O4S. The van der Waals surface area contributed by atoms with Crippen molar-refractivity contribution in [2.75, 3.05) is 6.79 Å². The summed E-state index contributed by atoms with van der Waals surface area (Å²) >= 11 is 1.73. The number of hydrogen-bond donors (Lipinski definition) is 1. The summed E-state index contributed by atoms with van der Waals surface area (Å²) in [6.45, 7) is 5.01. The molecule has 0 spiro atoms. The summed E-state index contributed by atoms with van der Waals surface area (Å²) in [6.07, 6.45) is 6.46. The maximum absolute atomic E-state index is 14.0. The van der Waals surface area contributed by atoms with Gasteiger partial charge in [-0.05, 0) is 56.0 Å². The van der Waals surface area contributed by atoms with Crippen molar-refractivity contribution >= 4 is 33.4 Å². The highest BCUT2D eigenvalue weighted by atomic mass is 32.1. The van der Waals surface area contributed by atoms with Crippen molar-refractivity contribution in [3.05, 3.63) is 46.5 Å². The van der Waals surface area contributed by atoms with Gasteiger partial charge in [0.2, 0.25) is 12.7 Å². The van der Waals surface area contributed by atoms with Gasteiger partial charge in [-0.2, -0.15) is 0 Å². The molecule has 3 aromatic rings. The van der Waals surface area contributed by atoms with E-state index >= 15 is 0 Å². The third-order valence-electron chi connectivity index (χ3n) is 7.72. The van der Waals surface area contributed by atoms with Crippen LogP contribution in [0.3, 0.4) is 0 Å². The fraction of sp³-hybridized carbons (Fsp3) is 0.481. The van der Waals surface area contributed by atoms with E-state index in [1.807, 2.05) is 31.2 Å². The zero-order valence-corrected chi connectivity index (χ0v) is 21.1. The number of amides is 2. The summed E-state index contributed by atoms with van der Waals surface area (Å²) in [4.78, 5) is 30.9. The molecule has 7 nitrogen and oxygen atoms in total. The fourth-order valence-electron chi connectivity index (χ4n) is 5.62. The molecule has 1 aliphatic carbocycles. The van der Waals surface area contributed by atoms with Gasteiger partial charge in [-0.25, -0.2) is 0 Å². The maximum Gasteiger partial charge on any atom is 0.271 e. The van der Waals surface area contributed by atoms with E-state index in [-0.39, 0.29) is 24.6 Å². The van der Waals surface area contributed by atoms with E-state index in [9.17, 15) is 9.59 Å². The van der Waals surface area contributed by atoms with Gasteiger partial charge >= 0.3 is 0 Å². The first-order valence-electron chi connectivity index (χ1n) is 12.6. The van der Waals surface area contributed by atoms with Crippen molar-refractivity contribution in [3.8, 4) is 11.5 Å². The third kappa shape index (κ3) is 3.78. The van der Waals surface area contributed by atoms with Crippen LogP contribution in [0.25, 0.3) is 10.2 Å². The molecule has 184 valence electrons. The van der Waals surface area contributed by atoms with Crippen LogP contribution in [0.15, 0.2) is 30.3 Å². The summed E-state index contributed by atoms with van der Waals surface area (Å²) in [6, 6.07) is 10.1. The van der Waals surface area contributed by atoms with E-state index in [1.165, 1.54) is 11.3 Å². The molecule has 1 atom stereocenters. The Hall–Kier alpha value is -3.00. The zero-order chi connectivity index (χ0) is 24.2. The van der Waals surface area contributed by atoms with Crippen LogP contribution in [0, 0.1) is 0 Å². The highest BCUT2D eigenvalue weighted by Gasteiger charge is 2.48. The Morgan fingerprint density at radius 3 is 2.74 bits per heavy atom. The Morgan fingerprint density at radius 1 is 1.14 bits per heavy atom. The Labute approximate surface area is 209 Å². The van der Waals surface area contributed by atoms with E-state index in [0.717, 1.165) is 47.9 Å². The van der Waals surface area contributed by atoms with Gasteiger partial charge in [-0.3, -0.25) is 9.59 Å². The van der Waals surface area contributed by atoms with E-state index in [4.69, 9.17) is 9.47 Å². The lowest BCUT2D eigenvalue weighted by atomic mass is 9.91. The molecule has 8 heteroatoms. The summed E-state index contributed by atoms with van der Waals surface area (Å²) < 4.78 is 14.2. The highest BCUT2D eigenvalue weighted by Crippen LogP contribution is 2.38. The predicted molar refractivity (Wildman–Crippen MR) is 135 cm³/mol. The van der Waals surface area contributed by atoms with Gasteiger partial charge < -0.3 is 24.3 Å². The third-order valence-corrected chi connectivity index (χ3v) is 8.94.